The molecule has 0 fully saturated rings. The van der Waals surface area contributed by atoms with Crippen LogP contribution in [-0.4, -0.2) is 10.7 Å². The van der Waals surface area contributed by atoms with Crippen LogP contribution < -0.4 is 5.01 Å². The van der Waals surface area contributed by atoms with E-state index in [-0.39, 0.29) is 6.04 Å². The predicted molar refractivity (Wildman–Crippen MR) is 177 cm³/mol. The Bertz CT molecular complexity index is 1870. The molecule has 1 aliphatic rings. The van der Waals surface area contributed by atoms with Gasteiger partial charge in [-0.3, -0.25) is 5.01 Å². The monoisotopic (exact) mass is 557 g/mol. The fourth-order valence-electron chi connectivity index (χ4n) is 5.41. The Morgan fingerprint density at radius 3 is 1.93 bits per heavy atom. The minimum Gasteiger partial charge on any atom is -0.436 e. The second kappa shape index (κ2) is 11.8. The van der Waals surface area contributed by atoms with Crippen molar-refractivity contribution in [3.05, 3.63) is 167 Å². The SMILES string of the molecule is Cc1ccc(C2=NN(c3ccc(/C=C/c4ccc(-c5ncc(-c6ccccc6)o5)cc4)cc3)[C@@H](c3ccccc3)C2)cc1. The maximum Gasteiger partial charge on any atom is 0.226 e. The lowest BCUT2D eigenvalue weighted by Crippen LogP contribution is -2.18. The number of hydrogen-bond donors (Lipinski definition) is 0. The molecule has 0 N–H and O–H groups in total. The molecule has 1 atom stereocenters. The van der Waals surface area contributed by atoms with Crippen LogP contribution in [0.2, 0.25) is 0 Å². The Labute approximate surface area is 252 Å². The first-order chi connectivity index (χ1) is 21.2. The van der Waals surface area contributed by atoms with Gasteiger partial charge >= 0.3 is 0 Å². The van der Waals surface area contributed by atoms with Gasteiger partial charge in [-0.05, 0) is 53.4 Å². The van der Waals surface area contributed by atoms with Crippen molar-refractivity contribution in [2.24, 2.45) is 5.10 Å². The van der Waals surface area contributed by atoms with E-state index in [4.69, 9.17) is 9.52 Å². The summed E-state index contributed by atoms with van der Waals surface area (Å²) in [6.45, 7) is 2.12. The molecule has 0 saturated heterocycles. The fourth-order valence-corrected chi connectivity index (χ4v) is 5.41. The molecule has 0 bridgehead atoms. The predicted octanol–water partition coefficient (Wildman–Crippen LogP) is 9.84. The number of benzene rings is 5. The average molecular weight is 558 g/mol. The molecular weight excluding hydrogens is 526 g/mol. The molecule has 0 amide bonds. The van der Waals surface area contributed by atoms with Crippen LogP contribution in [0.5, 0.6) is 0 Å². The minimum absolute atomic E-state index is 0.157. The first-order valence-corrected chi connectivity index (χ1v) is 14.6. The van der Waals surface area contributed by atoms with Crippen molar-refractivity contribution < 1.29 is 4.42 Å². The van der Waals surface area contributed by atoms with E-state index in [0.29, 0.717) is 5.89 Å². The van der Waals surface area contributed by atoms with Crippen molar-refractivity contribution in [2.45, 2.75) is 19.4 Å². The van der Waals surface area contributed by atoms with Gasteiger partial charge in [0.05, 0.1) is 23.6 Å². The van der Waals surface area contributed by atoms with Gasteiger partial charge in [-0.1, -0.05) is 127 Å². The second-order valence-electron chi connectivity index (χ2n) is 10.8. The Morgan fingerprint density at radius 2 is 1.26 bits per heavy atom. The van der Waals surface area contributed by atoms with Crippen molar-refractivity contribution in [1.82, 2.24) is 4.98 Å². The zero-order valence-electron chi connectivity index (χ0n) is 24.0. The summed E-state index contributed by atoms with van der Waals surface area (Å²) >= 11 is 0. The molecule has 1 aromatic heterocycles. The largest absolute Gasteiger partial charge is 0.436 e. The molecule has 0 unspecified atom stereocenters. The van der Waals surface area contributed by atoms with Crippen LogP contribution in [0.25, 0.3) is 34.9 Å². The number of hydrazone groups is 1. The highest BCUT2D eigenvalue weighted by molar-refractivity contribution is 6.03. The van der Waals surface area contributed by atoms with Gasteiger partial charge in [-0.2, -0.15) is 5.10 Å². The van der Waals surface area contributed by atoms with Crippen LogP contribution in [-0.2, 0) is 0 Å². The molecule has 0 spiro atoms. The van der Waals surface area contributed by atoms with Crippen LogP contribution in [0.4, 0.5) is 5.69 Å². The lowest BCUT2D eigenvalue weighted by molar-refractivity contribution is 0.589. The highest BCUT2D eigenvalue weighted by atomic mass is 16.4. The molecular formula is C39H31N3O. The maximum absolute atomic E-state index is 6.01. The van der Waals surface area contributed by atoms with Crippen LogP contribution >= 0.6 is 0 Å². The van der Waals surface area contributed by atoms with Crippen LogP contribution in [0, 0.1) is 6.92 Å². The number of aromatic nitrogens is 1. The Morgan fingerprint density at radius 1 is 0.651 bits per heavy atom. The normalized spacial score (nSPS) is 14.8. The van der Waals surface area contributed by atoms with Crippen molar-refractivity contribution in [1.29, 1.82) is 0 Å². The molecule has 7 rings (SSSR count). The molecule has 1 aliphatic heterocycles. The second-order valence-corrected chi connectivity index (χ2v) is 10.8. The summed E-state index contributed by atoms with van der Waals surface area (Å²) in [5, 5.41) is 7.28. The molecule has 0 aliphatic carbocycles. The minimum atomic E-state index is 0.157. The molecule has 4 nitrogen and oxygen atoms in total. The molecule has 0 radical (unpaired) electrons. The van der Waals surface area contributed by atoms with Gasteiger partial charge in [-0.15, -0.1) is 0 Å². The summed E-state index contributed by atoms with van der Waals surface area (Å²) < 4.78 is 6.01. The van der Waals surface area contributed by atoms with Crippen LogP contribution in [0.15, 0.2) is 149 Å². The number of hydrogen-bond acceptors (Lipinski definition) is 4. The Kier molecular flexibility index (Phi) is 7.24. The van der Waals surface area contributed by atoms with Crippen LogP contribution in [0.1, 0.15) is 40.3 Å². The fraction of sp³-hybridized carbons (Fsp3) is 0.0769. The van der Waals surface area contributed by atoms with Crippen molar-refractivity contribution in [3.63, 3.8) is 0 Å². The smallest absolute Gasteiger partial charge is 0.226 e. The summed E-state index contributed by atoms with van der Waals surface area (Å²) in [4.78, 5) is 4.48. The first-order valence-electron chi connectivity index (χ1n) is 14.6. The van der Waals surface area contributed by atoms with E-state index >= 15 is 0 Å². The summed E-state index contributed by atoms with van der Waals surface area (Å²) in [5.41, 5.74) is 10.1. The lowest BCUT2D eigenvalue weighted by atomic mass is 9.98. The summed E-state index contributed by atoms with van der Waals surface area (Å²) in [7, 11) is 0. The van der Waals surface area contributed by atoms with E-state index in [0.717, 1.165) is 45.8 Å². The van der Waals surface area contributed by atoms with Gasteiger partial charge in [-0.25, -0.2) is 4.98 Å². The van der Waals surface area contributed by atoms with E-state index in [1.807, 2.05) is 42.5 Å². The van der Waals surface area contributed by atoms with Gasteiger partial charge in [0.2, 0.25) is 5.89 Å². The van der Waals surface area contributed by atoms with Crippen molar-refractivity contribution in [3.8, 4) is 22.8 Å². The summed E-state index contributed by atoms with van der Waals surface area (Å²) in [6, 6.07) is 46.4. The first kappa shape index (κ1) is 26.4. The van der Waals surface area contributed by atoms with Crippen LogP contribution in [0.3, 0.4) is 0 Å². The number of aryl methyl sites for hydroxylation is 1. The van der Waals surface area contributed by atoms with E-state index in [1.165, 1.54) is 16.7 Å². The summed E-state index contributed by atoms with van der Waals surface area (Å²) in [5.74, 6) is 1.39. The standard InChI is InChI=1S/C39H31N3O/c1-28-12-20-31(21-13-28)36-26-37(32-8-4-2-5-9-32)42(41-36)35-24-18-30(19-25-35)15-14-29-16-22-34(23-17-29)39-40-27-38(43-39)33-10-6-3-7-11-33/h2-25,27,37H,26H2,1H3/b15-14+/t37-/m1/s1. The van der Waals surface area contributed by atoms with Gasteiger partial charge in [0, 0.05) is 17.5 Å². The highest BCUT2D eigenvalue weighted by Gasteiger charge is 2.29. The van der Waals surface area contributed by atoms with Gasteiger partial charge < -0.3 is 4.42 Å². The van der Waals surface area contributed by atoms with Crippen molar-refractivity contribution >= 4 is 23.6 Å². The zero-order valence-corrected chi connectivity index (χ0v) is 24.0. The molecule has 4 heteroatoms. The van der Waals surface area contributed by atoms with Crippen molar-refractivity contribution in [2.75, 3.05) is 5.01 Å². The Balaban J connectivity index is 1.07. The molecule has 0 saturated carbocycles. The lowest BCUT2D eigenvalue weighted by Gasteiger charge is -2.24. The van der Waals surface area contributed by atoms with E-state index in [2.05, 4.69) is 120 Å². The third kappa shape index (κ3) is 5.81. The number of anilines is 1. The number of oxazole rings is 1. The Hall–Kier alpha value is -5.48. The van der Waals surface area contributed by atoms with Gasteiger partial charge in [0.1, 0.15) is 0 Å². The number of nitrogens with zero attached hydrogens (tertiary/aromatic N) is 3. The zero-order chi connectivity index (χ0) is 29.0. The quantitative estimate of drug-likeness (QED) is 0.183. The molecule has 208 valence electrons. The molecule has 43 heavy (non-hydrogen) atoms. The third-order valence-electron chi connectivity index (χ3n) is 7.83. The maximum atomic E-state index is 6.01. The van der Waals surface area contributed by atoms with Gasteiger partial charge in [0.15, 0.2) is 5.76 Å². The highest BCUT2D eigenvalue weighted by Crippen LogP contribution is 2.37. The molecule has 2 heterocycles. The van der Waals surface area contributed by atoms with E-state index < -0.39 is 0 Å². The van der Waals surface area contributed by atoms with E-state index in [9.17, 15) is 0 Å². The topological polar surface area (TPSA) is 41.6 Å². The number of rotatable bonds is 7. The summed E-state index contributed by atoms with van der Waals surface area (Å²) in [6.07, 6.45) is 6.91. The third-order valence-corrected chi connectivity index (χ3v) is 7.83. The van der Waals surface area contributed by atoms with Gasteiger partial charge in [0.25, 0.3) is 0 Å². The average Bonchev–Trinajstić information content (AvgIpc) is 3.75. The van der Waals surface area contributed by atoms with E-state index in [1.54, 1.807) is 6.20 Å². The molecule has 5 aromatic carbocycles. The molecule has 6 aromatic rings.